The first-order chi connectivity index (χ1) is 7.38. The van der Waals surface area contributed by atoms with Crippen molar-refractivity contribution in [2.45, 2.75) is 39.2 Å². The standard InChI is InChI=1S/C11H20N2O2S/c1-8(5-7-16)4-6-13-9(14)11(2,3)12-10(13)15/h8,16H,4-7H2,1-3H3,(H,12,15). The Balaban J connectivity index is 2.49. The summed E-state index contributed by atoms with van der Waals surface area (Å²) in [5.74, 6) is 1.20. The number of thiol groups is 1. The van der Waals surface area contributed by atoms with Crippen LogP contribution in [0.4, 0.5) is 4.79 Å². The molecule has 1 fully saturated rings. The Hall–Kier alpha value is -0.710. The number of nitrogens with one attached hydrogen (secondary N) is 1. The van der Waals surface area contributed by atoms with Gasteiger partial charge >= 0.3 is 6.03 Å². The predicted molar refractivity (Wildman–Crippen MR) is 66.6 cm³/mol. The maximum absolute atomic E-state index is 11.8. The summed E-state index contributed by atoms with van der Waals surface area (Å²) >= 11 is 4.17. The molecule has 0 spiro atoms. The highest BCUT2D eigenvalue weighted by molar-refractivity contribution is 7.80. The lowest BCUT2D eigenvalue weighted by molar-refractivity contribution is -0.130. The van der Waals surface area contributed by atoms with Crippen LogP contribution in [0.25, 0.3) is 0 Å². The Labute approximate surface area is 102 Å². The molecule has 0 aliphatic carbocycles. The van der Waals surface area contributed by atoms with E-state index in [-0.39, 0.29) is 11.9 Å². The van der Waals surface area contributed by atoms with Crippen LogP contribution in [-0.4, -0.2) is 34.7 Å². The molecule has 0 radical (unpaired) electrons. The number of carbonyl (C=O) groups excluding carboxylic acids is 2. The summed E-state index contributed by atoms with van der Waals surface area (Å²) in [7, 11) is 0. The highest BCUT2D eigenvalue weighted by Gasteiger charge is 2.43. The number of rotatable bonds is 5. The number of nitrogens with zero attached hydrogens (tertiary/aromatic N) is 1. The van der Waals surface area contributed by atoms with Crippen LogP contribution in [0.15, 0.2) is 0 Å². The van der Waals surface area contributed by atoms with E-state index >= 15 is 0 Å². The molecule has 1 heterocycles. The van der Waals surface area contributed by atoms with Gasteiger partial charge < -0.3 is 5.32 Å². The van der Waals surface area contributed by atoms with Gasteiger partial charge in [0.1, 0.15) is 5.54 Å². The highest BCUT2D eigenvalue weighted by Crippen LogP contribution is 2.18. The minimum atomic E-state index is -0.746. The maximum atomic E-state index is 11.8. The molecular weight excluding hydrogens is 224 g/mol. The third kappa shape index (κ3) is 2.90. The fourth-order valence-electron chi connectivity index (χ4n) is 1.74. The molecule has 5 heteroatoms. The summed E-state index contributed by atoms with van der Waals surface area (Å²) in [5, 5.41) is 2.67. The Bertz CT molecular complexity index is 292. The molecule has 0 aromatic carbocycles. The van der Waals surface area contributed by atoms with Crippen LogP contribution in [0.5, 0.6) is 0 Å². The van der Waals surface area contributed by atoms with Gasteiger partial charge in [0, 0.05) is 6.54 Å². The summed E-state index contributed by atoms with van der Waals surface area (Å²) < 4.78 is 0. The van der Waals surface area contributed by atoms with E-state index in [0.29, 0.717) is 12.5 Å². The van der Waals surface area contributed by atoms with Crippen LogP contribution >= 0.6 is 12.6 Å². The zero-order valence-corrected chi connectivity index (χ0v) is 11.0. The second kappa shape index (κ2) is 5.08. The van der Waals surface area contributed by atoms with Gasteiger partial charge in [-0.05, 0) is 38.4 Å². The molecule has 0 saturated carbocycles. The summed E-state index contributed by atoms with van der Waals surface area (Å²) in [5.41, 5.74) is -0.746. The summed E-state index contributed by atoms with van der Waals surface area (Å²) in [4.78, 5) is 24.7. The SMILES string of the molecule is CC(CCS)CCN1C(=O)NC(C)(C)C1=O. The molecular formula is C11H20N2O2S. The summed E-state index contributed by atoms with van der Waals surface area (Å²) in [6.45, 7) is 6.07. The first-order valence-electron chi connectivity index (χ1n) is 5.63. The van der Waals surface area contributed by atoms with Crippen LogP contribution in [0.3, 0.4) is 0 Å². The van der Waals surface area contributed by atoms with E-state index in [9.17, 15) is 9.59 Å². The smallest absolute Gasteiger partial charge is 0.324 e. The lowest BCUT2D eigenvalue weighted by atomic mass is 10.0. The molecule has 0 aromatic heterocycles. The van der Waals surface area contributed by atoms with Crippen LogP contribution in [0, 0.1) is 5.92 Å². The van der Waals surface area contributed by atoms with Gasteiger partial charge in [0.25, 0.3) is 5.91 Å². The Morgan fingerprint density at radius 1 is 1.38 bits per heavy atom. The van der Waals surface area contributed by atoms with Crippen LogP contribution in [-0.2, 0) is 4.79 Å². The first kappa shape index (κ1) is 13.4. The Kier molecular flexibility index (Phi) is 4.24. The molecule has 1 atom stereocenters. The average Bonchev–Trinajstić information content (AvgIpc) is 2.35. The van der Waals surface area contributed by atoms with E-state index in [0.717, 1.165) is 18.6 Å². The number of amides is 3. The van der Waals surface area contributed by atoms with Crippen LogP contribution in [0.2, 0.25) is 0 Å². The Morgan fingerprint density at radius 2 is 2.00 bits per heavy atom. The molecule has 92 valence electrons. The number of hydrogen-bond donors (Lipinski definition) is 2. The van der Waals surface area contributed by atoms with Crippen molar-refractivity contribution in [3.05, 3.63) is 0 Å². The van der Waals surface area contributed by atoms with Gasteiger partial charge in [0.2, 0.25) is 0 Å². The van der Waals surface area contributed by atoms with Crippen molar-refractivity contribution in [2.24, 2.45) is 5.92 Å². The van der Waals surface area contributed by atoms with E-state index in [1.807, 2.05) is 0 Å². The number of hydrogen-bond acceptors (Lipinski definition) is 3. The number of urea groups is 1. The van der Waals surface area contributed by atoms with E-state index < -0.39 is 5.54 Å². The minimum Gasteiger partial charge on any atom is -0.324 e. The second-order valence-corrected chi connectivity index (χ2v) is 5.37. The van der Waals surface area contributed by atoms with Gasteiger partial charge in [0.15, 0.2) is 0 Å². The molecule has 1 N–H and O–H groups in total. The van der Waals surface area contributed by atoms with Gasteiger partial charge in [-0.2, -0.15) is 12.6 Å². The minimum absolute atomic E-state index is 0.129. The van der Waals surface area contributed by atoms with Crippen molar-refractivity contribution in [3.8, 4) is 0 Å². The van der Waals surface area contributed by atoms with Crippen molar-refractivity contribution in [1.82, 2.24) is 10.2 Å². The second-order valence-electron chi connectivity index (χ2n) is 4.92. The fourth-order valence-corrected chi connectivity index (χ4v) is 2.18. The average molecular weight is 244 g/mol. The predicted octanol–water partition coefficient (Wildman–Crippen LogP) is 1.66. The summed E-state index contributed by atoms with van der Waals surface area (Å²) in [6.07, 6.45) is 1.85. The molecule has 1 aliphatic heterocycles. The van der Waals surface area contributed by atoms with Crippen LogP contribution in [0.1, 0.15) is 33.6 Å². The molecule has 0 aromatic rings. The zero-order chi connectivity index (χ0) is 12.3. The molecule has 1 aliphatic rings. The Morgan fingerprint density at radius 3 is 2.44 bits per heavy atom. The van der Waals surface area contributed by atoms with Gasteiger partial charge in [-0.1, -0.05) is 6.92 Å². The van der Waals surface area contributed by atoms with Crippen molar-refractivity contribution in [1.29, 1.82) is 0 Å². The van der Waals surface area contributed by atoms with E-state index in [1.165, 1.54) is 4.90 Å². The van der Waals surface area contributed by atoms with E-state index in [2.05, 4.69) is 24.9 Å². The topological polar surface area (TPSA) is 49.4 Å². The maximum Gasteiger partial charge on any atom is 0.325 e. The monoisotopic (exact) mass is 244 g/mol. The molecule has 3 amide bonds. The van der Waals surface area contributed by atoms with Gasteiger partial charge in [-0.25, -0.2) is 4.79 Å². The van der Waals surface area contributed by atoms with Crippen LogP contribution < -0.4 is 5.32 Å². The lowest BCUT2D eigenvalue weighted by Gasteiger charge is -2.17. The summed E-state index contributed by atoms with van der Waals surface area (Å²) in [6, 6.07) is -0.270. The molecule has 0 bridgehead atoms. The fraction of sp³-hybridized carbons (Fsp3) is 0.818. The third-order valence-corrected chi connectivity index (χ3v) is 3.17. The molecule has 1 rings (SSSR count). The molecule has 16 heavy (non-hydrogen) atoms. The highest BCUT2D eigenvalue weighted by atomic mass is 32.1. The number of carbonyl (C=O) groups is 2. The third-order valence-electron chi connectivity index (χ3n) is 2.91. The number of imide groups is 1. The van der Waals surface area contributed by atoms with Gasteiger partial charge in [-0.15, -0.1) is 0 Å². The van der Waals surface area contributed by atoms with Gasteiger partial charge in [0.05, 0.1) is 0 Å². The lowest BCUT2D eigenvalue weighted by Crippen LogP contribution is -2.40. The largest absolute Gasteiger partial charge is 0.325 e. The zero-order valence-electron chi connectivity index (χ0n) is 10.1. The van der Waals surface area contributed by atoms with Crippen molar-refractivity contribution in [3.63, 3.8) is 0 Å². The van der Waals surface area contributed by atoms with E-state index in [4.69, 9.17) is 0 Å². The molecule has 4 nitrogen and oxygen atoms in total. The van der Waals surface area contributed by atoms with Crippen molar-refractivity contribution >= 4 is 24.6 Å². The molecule has 1 unspecified atom stereocenters. The van der Waals surface area contributed by atoms with Crippen molar-refractivity contribution in [2.75, 3.05) is 12.3 Å². The first-order valence-corrected chi connectivity index (χ1v) is 6.26. The normalized spacial score (nSPS) is 21.1. The van der Waals surface area contributed by atoms with E-state index in [1.54, 1.807) is 13.8 Å². The molecule has 1 saturated heterocycles. The van der Waals surface area contributed by atoms with Crippen molar-refractivity contribution < 1.29 is 9.59 Å². The van der Waals surface area contributed by atoms with Gasteiger partial charge in [-0.3, -0.25) is 9.69 Å². The quantitative estimate of drug-likeness (QED) is 0.571.